The summed E-state index contributed by atoms with van der Waals surface area (Å²) in [4.78, 5) is 28.9. The Labute approximate surface area is 171 Å². The van der Waals surface area contributed by atoms with Crippen molar-refractivity contribution in [2.75, 3.05) is 7.11 Å². The number of hydrogen-bond donors (Lipinski definition) is 0. The van der Waals surface area contributed by atoms with E-state index in [0.29, 0.717) is 16.7 Å². The summed E-state index contributed by atoms with van der Waals surface area (Å²) >= 11 is 0. The minimum absolute atomic E-state index is 0.167. The summed E-state index contributed by atoms with van der Waals surface area (Å²) in [5.41, 5.74) is 1.01. The quantitative estimate of drug-likeness (QED) is 0.365. The van der Waals surface area contributed by atoms with Crippen molar-refractivity contribution in [1.29, 1.82) is 0 Å². The number of nitro benzene ring substituents is 1. The smallest absolute Gasteiger partial charge is 0.293 e. The number of nitrogens with zero attached hydrogens (tertiary/aromatic N) is 3. The van der Waals surface area contributed by atoms with E-state index < -0.39 is 4.92 Å². The molecule has 148 valence electrons. The van der Waals surface area contributed by atoms with Crippen LogP contribution in [-0.4, -0.2) is 21.6 Å². The van der Waals surface area contributed by atoms with E-state index >= 15 is 0 Å². The van der Waals surface area contributed by atoms with Gasteiger partial charge in [0.05, 0.1) is 22.9 Å². The number of para-hydroxylation sites is 3. The average molecular weight is 399 g/mol. The van der Waals surface area contributed by atoms with Crippen LogP contribution in [-0.2, 0) is 0 Å². The van der Waals surface area contributed by atoms with Gasteiger partial charge in [0.25, 0.3) is 11.2 Å². The highest BCUT2D eigenvalue weighted by molar-refractivity contribution is 5.80. The van der Waals surface area contributed by atoms with Gasteiger partial charge >= 0.3 is 0 Å². The van der Waals surface area contributed by atoms with Crippen molar-refractivity contribution in [3.63, 3.8) is 0 Å². The zero-order valence-corrected chi connectivity index (χ0v) is 16.1. The van der Waals surface area contributed by atoms with Crippen LogP contribution in [0.25, 0.3) is 28.7 Å². The highest BCUT2D eigenvalue weighted by Gasteiger charge is 2.19. The van der Waals surface area contributed by atoms with Gasteiger partial charge in [0.1, 0.15) is 17.3 Å². The van der Waals surface area contributed by atoms with Crippen molar-refractivity contribution in [3.05, 3.63) is 105 Å². The second-order valence-corrected chi connectivity index (χ2v) is 6.48. The largest absolute Gasteiger partial charge is 0.497 e. The molecule has 30 heavy (non-hydrogen) atoms. The fourth-order valence-electron chi connectivity index (χ4n) is 3.19. The summed E-state index contributed by atoms with van der Waals surface area (Å²) in [6.07, 6.45) is 3.47. The van der Waals surface area contributed by atoms with Crippen LogP contribution in [0.5, 0.6) is 5.75 Å². The Kier molecular flexibility index (Phi) is 5.09. The Morgan fingerprint density at radius 3 is 2.40 bits per heavy atom. The molecule has 0 spiro atoms. The lowest BCUT2D eigenvalue weighted by Crippen LogP contribution is -2.23. The van der Waals surface area contributed by atoms with E-state index in [0.717, 1.165) is 11.3 Å². The molecule has 3 aromatic carbocycles. The van der Waals surface area contributed by atoms with E-state index in [4.69, 9.17) is 4.74 Å². The molecular formula is C23H17N3O4. The van der Waals surface area contributed by atoms with Gasteiger partial charge in [-0.15, -0.1) is 0 Å². The summed E-state index contributed by atoms with van der Waals surface area (Å²) < 4.78 is 6.44. The first-order valence-electron chi connectivity index (χ1n) is 9.16. The van der Waals surface area contributed by atoms with E-state index in [1.807, 2.05) is 24.3 Å². The standard InChI is InChI=1S/C23H17N3O4/c1-30-17-13-10-16(11-14-17)12-15-22-24-19-7-3-2-6-18(19)23(27)25(22)20-8-4-5-9-21(20)26(28)29/h2-15H,1H3. The van der Waals surface area contributed by atoms with Gasteiger partial charge in [-0.05, 0) is 42.0 Å². The number of aromatic nitrogens is 2. The topological polar surface area (TPSA) is 87.3 Å². The minimum atomic E-state index is -0.506. The Bertz CT molecular complexity index is 1320. The normalized spacial score (nSPS) is 11.1. The third-order valence-electron chi connectivity index (χ3n) is 4.66. The fraction of sp³-hybridized carbons (Fsp3) is 0.0435. The molecule has 7 heteroatoms. The first kappa shape index (κ1) is 19.1. The molecule has 0 radical (unpaired) electrons. The Hall–Kier alpha value is -4.26. The maximum atomic E-state index is 13.3. The summed E-state index contributed by atoms with van der Waals surface area (Å²) in [7, 11) is 1.59. The average Bonchev–Trinajstić information content (AvgIpc) is 2.78. The number of benzene rings is 3. The lowest BCUT2D eigenvalue weighted by Gasteiger charge is -2.11. The van der Waals surface area contributed by atoms with E-state index in [1.165, 1.54) is 10.6 Å². The van der Waals surface area contributed by atoms with Crippen molar-refractivity contribution >= 4 is 28.7 Å². The lowest BCUT2D eigenvalue weighted by atomic mass is 10.2. The molecule has 0 N–H and O–H groups in total. The Morgan fingerprint density at radius 2 is 1.67 bits per heavy atom. The van der Waals surface area contributed by atoms with Crippen molar-refractivity contribution in [1.82, 2.24) is 9.55 Å². The molecule has 0 aliphatic heterocycles. The van der Waals surface area contributed by atoms with Gasteiger partial charge in [0, 0.05) is 6.07 Å². The predicted molar refractivity (Wildman–Crippen MR) is 116 cm³/mol. The molecule has 0 atom stereocenters. The highest BCUT2D eigenvalue weighted by Crippen LogP contribution is 2.24. The van der Waals surface area contributed by atoms with Gasteiger partial charge in [-0.2, -0.15) is 0 Å². The van der Waals surface area contributed by atoms with Crippen LogP contribution in [0.2, 0.25) is 0 Å². The monoisotopic (exact) mass is 399 g/mol. The van der Waals surface area contributed by atoms with Crippen LogP contribution in [0.15, 0.2) is 77.6 Å². The van der Waals surface area contributed by atoms with Crippen LogP contribution in [0, 0.1) is 10.1 Å². The van der Waals surface area contributed by atoms with Gasteiger partial charge in [0.15, 0.2) is 0 Å². The number of fused-ring (bicyclic) bond motifs is 1. The molecule has 0 aliphatic rings. The van der Waals surface area contributed by atoms with Crippen LogP contribution in [0.4, 0.5) is 5.69 Å². The van der Waals surface area contributed by atoms with Gasteiger partial charge < -0.3 is 4.74 Å². The van der Waals surface area contributed by atoms with Gasteiger partial charge in [-0.1, -0.05) is 42.5 Å². The number of methoxy groups -OCH3 is 1. The zero-order chi connectivity index (χ0) is 21.1. The van der Waals surface area contributed by atoms with Crippen LogP contribution in [0.1, 0.15) is 11.4 Å². The third-order valence-corrected chi connectivity index (χ3v) is 4.66. The Morgan fingerprint density at radius 1 is 0.967 bits per heavy atom. The van der Waals surface area contributed by atoms with E-state index in [2.05, 4.69) is 4.98 Å². The van der Waals surface area contributed by atoms with Crippen LogP contribution < -0.4 is 10.3 Å². The van der Waals surface area contributed by atoms with Crippen molar-refractivity contribution in [3.8, 4) is 11.4 Å². The molecule has 0 unspecified atom stereocenters. The first-order valence-corrected chi connectivity index (χ1v) is 9.16. The van der Waals surface area contributed by atoms with Gasteiger partial charge in [0.2, 0.25) is 0 Å². The maximum Gasteiger partial charge on any atom is 0.293 e. The van der Waals surface area contributed by atoms with Crippen molar-refractivity contribution < 1.29 is 9.66 Å². The van der Waals surface area contributed by atoms with Crippen LogP contribution >= 0.6 is 0 Å². The van der Waals surface area contributed by atoms with E-state index in [9.17, 15) is 14.9 Å². The zero-order valence-electron chi connectivity index (χ0n) is 16.1. The lowest BCUT2D eigenvalue weighted by molar-refractivity contribution is -0.384. The summed E-state index contributed by atoms with van der Waals surface area (Å²) in [6.45, 7) is 0. The second kappa shape index (κ2) is 8.00. The maximum absolute atomic E-state index is 13.3. The molecule has 7 nitrogen and oxygen atoms in total. The Balaban J connectivity index is 1.94. The number of nitro groups is 1. The molecule has 0 saturated heterocycles. The SMILES string of the molecule is COc1ccc(C=Cc2nc3ccccc3c(=O)n2-c2ccccc2[N+](=O)[O-])cc1. The summed E-state index contributed by atoms with van der Waals surface area (Å²) in [5.74, 6) is 1.02. The van der Waals surface area contributed by atoms with Crippen molar-refractivity contribution in [2.24, 2.45) is 0 Å². The molecule has 4 aromatic rings. The number of rotatable bonds is 5. The van der Waals surface area contributed by atoms with Gasteiger partial charge in [-0.3, -0.25) is 19.5 Å². The third kappa shape index (κ3) is 3.56. The molecule has 0 aliphatic carbocycles. The molecule has 0 amide bonds. The van der Waals surface area contributed by atoms with E-state index in [-0.39, 0.29) is 16.9 Å². The fourth-order valence-corrected chi connectivity index (χ4v) is 3.19. The van der Waals surface area contributed by atoms with E-state index in [1.54, 1.807) is 61.7 Å². The summed E-state index contributed by atoms with van der Waals surface area (Å²) in [6, 6.07) is 20.4. The summed E-state index contributed by atoms with van der Waals surface area (Å²) in [5, 5.41) is 11.9. The molecule has 0 bridgehead atoms. The van der Waals surface area contributed by atoms with Gasteiger partial charge in [-0.25, -0.2) is 4.98 Å². The minimum Gasteiger partial charge on any atom is -0.497 e. The predicted octanol–water partition coefficient (Wildman–Crippen LogP) is 4.47. The molecule has 0 saturated carbocycles. The second-order valence-electron chi connectivity index (χ2n) is 6.48. The number of ether oxygens (including phenoxy) is 1. The molecular weight excluding hydrogens is 382 g/mol. The first-order chi connectivity index (χ1) is 14.6. The molecule has 1 heterocycles. The molecule has 0 fully saturated rings. The van der Waals surface area contributed by atoms with Crippen molar-refractivity contribution in [2.45, 2.75) is 0 Å². The van der Waals surface area contributed by atoms with Crippen LogP contribution in [0.3, 0.4) is 0 Å². The number of hydrogen-bond acceptors (Lipinski definition) is 5. The highest BCUT2D eigenvalue weighted by atomic mass is 16.6. The molecule has 4 rings (SSSR count). The molecule has 1 aromatic heterocycles.